The fourth-order valence-electron chi connectivity index (χ4n) is 3.16. The number of methoxy groups -OCH3 is 1. The van der Waals surface area contributed by atoms with E-state index in [0.717, 1.165) is 0 Å². The standard InChI is InChI=1S/C18H17ClN4O6/c1-27-16-12-15(20-7-21-16)23(8-22-12)17-14(13(25)11(6-24)28-17)29-18(26)9-2-4-10(19)5-3-9/h2-5,7-8,11,13-14,17,24-25H,6H2,1H3/t11-,13-,14+,17-/m1/s1. The molecule has 0 spiro atoms. The first-order valence-electron chi connectivity index (χ1n) is 8.66. The molecule has 0 aliphatic carbocycles. The minimum atomic E-state index is -1.26. The highest BCUT2D eigenvalue weighted by atomic mass is 35.5. The van der Waals surface area contributed by atoms with Crippen molar-refractivity contribution in [3.8, 4) is 5.88 Å². The van der Waals surface area contributed by atoms with E-state index in [9.17, 15) is 15.0 Å². The van der Waals surface area contributed by atoms with Gasteiger partial charge in [0.15, 0.2) is 23.5 Å². The molecule has 4 atom stereocenters. The van der Waals surface area contributed by atoms with Crippen molar-refractivity contribution in [3.63, 3.8) is 0 Å². The Hall–Kier alpha value is -2.79. The van der Waals surface area contributed by atoms with E-state index in [1.54, 1.807) is 12.1 Å². The molecule has 1 fully saturated rings. The molecule has 1 aliphatic rings. The molecular formula is C18H17ClN4O6. The summed E-state index contributed by atoms with van der Waals surface area (Å²) in [6, 6.07) is 6.13. The number of hydrogen-bond acceptors (Lipinski definition) is 9. The molecule has 2 N–H and O–H groups in total. The molecule has 0 saturated carbocycles. The summed E-state index contributed by atoms with van der Waals surface area (Å²) < 4.78 is 17.9. The lowest BCUT2D eigenvalue weighted by molar-refractivity contribution is -0.0564. The van der Waals surface area contributed by atoms with Crippen molar-refractivity contribution in [2.45, 2.75) is 24.5 Å². The Morgan fingerprint density at radius 1 is 1.28 bits per heavy atom. The number of ether oxygens (including phenoxy) is 3. The molecule has 11 heteroatoms. The molecule has 29 heavy (non-hydrogen) atoms. The van der Waals surface area contributed by atoms with Crippen molar-refractivity contribution in [2.75, 3.05) is 13.7 Å². The van der Waals surface area contributed by atoms with Crippen LogP contribution in [0.3, 0.4) is 0 Å². The van der Waals surface area contributed by atoms with Crippen molar-refractivity contribution in [2.24, 2.45) is 0 Å². The van der Waals surface area contributed by atoms with E-state index in [1.165, 1.54) is 36.5 Å². The summed E-state index contributed by atoms with van der Waals surface area (Å²) in [6.45, 7) is -0.461. The number of benzene rings is 1. The number of carbonyl (C=O) groups is 1. The van der Waals surface area contributed by atoms with Crippen LogP contribution in [0.15, 0.2) is 36.9 Å². The van der Waals surface area contributed by atoms with E-state index < -0.39 is 37.1 Å². The van der Waals surface area contributed by atoms with Gasteiger partial charge in [-0.3, -0.25) is 4.57 Å². The second kappa shape index (κ2) is 7.91. The molecule has 0 radical (unpaired) electrons. The number of aliphatic hydroxyl groups excluding tert-OH is 2. The van der Waals surface area contributed by atoms with E-state index in [1.807, 2.05) is 0 Å². The summed E-state index contributed by atoms with van der Waals surface area (Å²) >= 11 is 5.85. The molecule has 3 heterocycles. The zero-order valence-electron chi connectivity index (χ0n) is 15.2. The number of fused-ring (bicyclic) bond motifs is 1. The van der Waals surface area contributed by atoms with Gasteiger partial charge in [0.1, 0.15) is 18.5 Å². The molecule has 4 rings (SSSR count). The number of halogens is 1. The summed E-state index contributed by atoms with van der Waals surface area (Å²) in [6.07, 6.45) is -1.59. The lowest BCUT2D eigenvalue weighted by Crippen LogP contribution is -2.37. The van der Waals surface area contributed by atoms with Crippen LogP contribution in [-0.2, 0) is 9.47 Å². The average molecular weight is 421 g/mol. The molecule has 0 amide bonds. The number of hydrogen-bond donors (Lipinski definition) is 2. The Morgan fingerprint density at radius 2 is 2.03 bits per heavy atom. The summed E-state index contributed by atoms with van der Waals surface area (Å²) in [5.74, 6) is -0.407. The van der Waals surface area contributed by atoms with E-state index in [-0.39, 0.29) is 11.4 Å². The lowest BCUT2D eigenvalue weighted by Gasteiger charge is -2.22. The van der Waals surface area contributed by atoms with Gasteiger partial charge in [-0.05, 0) is 24.3 Å². The van der Waals surface area contributed by atoms with Gasteiger partial charge < -0.3 is 24.4 Å². The van der Waals surface area contributed by atoms with E-state index in [4.69, 9.17) is 25.8 Å². The molecule has 152 valence electrons. The predicted molar refractivity (Wildman–Crippen MR) is 99.5 cm³/mol. The van der Waals surface area contributed by atoms with Crippen molar-refractivity contribution in [1.29, 1.82) is 0 Å². The van der Waals surface area contributed by atoms with Gasteiger partial charge in [-0.15, -0.1) is 0 Å². The van der Waals surface area contributed by atoms with Crippen LogP contribution < -0.4 is 4.74 Å². The maximum Gasteiger partial charge on any atom is 0.338 e. The quantitative estimate of drug-likeness (QED) is 0.580. The van der Waals surface area contributed by atoms with Crippen LogP contribution in [-0.4, -0.2) is 67.7 Å². The highest BCUT2D eigenvalue weighted by Crippen LogP contribution is 2.34. The third kappa shape index (κ3) is 3.51. The summed E-state index contributed by atoms with van der Waals surface area (Å²) in [4.78, 5) is 25.0. The van der Waals surface area contributed by atoms with Gasteiger partial charge in [0, 0.05) is 5.02 Å². The van der Waals surface area contributed by atoms with Gasteiger partial charge in [-0.2, -0.15) is 4.98 Å². The molecule has 0 unspecified atom stereocenters. The second-order valence-electron chi connectivity index (χ2n) is 6.32. The third-order valence-corrected chi connectivity index (χ3v) is 4.86. The fourth-order valence-corrected chi connectivity index (χ4v) is 3.29. The number of aliphatic hydroxyl groups is 2. The first-order chi connectivity index (χ1) is 14.0. The number of imidazole rings is 1. The van der Waals surface area contributed by atoms with Crippen LogP contribution in [0.1, 0.15) is 16.6 Å². The minimum Gasteiger partial charge on any atom is -0.479 e. The van der Waals surface area contributed by atoms with Crippen LogP contribution >= 0.6 is 11.6 Å². The fraction of sp³-hybridized carbons (Fsp3) is 0.333. The number of rotatable bonds is 5. The first-order valence-corrected chi connectivity index (χ1v) is 9.03. The minimum absolute atomic E-state index is 0.257. The Morgan fingerprint density at radius 3 is 2.72 bits per heavy atom. The maximum absolute atomic E-state index is 12.6. The van der Waals surface area contributed by atoms with Crippen LogP contribution in [0.25, 0.3) is 11.2 Å². The SMILES string of the molecule is COc1ncnc2c1ncn2[C@@H]1O[C@H](CO)[C@@H](O)[C@@H]1OC(=O)c1ccc(Cl)cc1. The van der Waals surface area contributed by atoms with Crippen LogP contribution in [0.5, 0.6) is 5.88 Å². The molecule has 10 nitrogen and oxygen atoms in total. The first kappa shape index (κ1) is 19.5. The molecule has 0 bridgehead atoms. The van der Waals surface area contributed by atoms with Gasteiger partial charge in [-0.25, -0.2) is 14.8 Å². The van der Waals surface area contributed by atoms with E-state index in [2.05, 4.69) is 15.0 Å². The molecule has 3 aromatic rings. The van der Waals surface area contributed by atoms with Crippen LogP contribution in [0, 0.1) is 0 Å². The Labute approximate surface area is 169 Å². The van der Waals surface area contributed by atoms with Gasteiger partial charge in [0.05, 0.1) is 25.6 Å². The van der Waals surface area contributed by atoms with E-state index in [0.29, 0.717) is 16.2 Å². The zero-order valence-corrected chi connectivity index (χ0v) is 15.9. The molecule has 1 saturated heterocycles. The summed E-state index contributed by atoms with van der Waals surface area (Å²) in [5, 5.41) is 20.6. The average Bonchev–Trinajstić information content (AvgIpc) is 3.29. The Kier molecular flexibility index (Phi) is 5.33. The normalized spacial score (nSPS) is 24.0. The monoisotopic (exact) mass is 420 g/mol. The highest BCUT2D eigenvalue weighted by molar-refractivity contribution is 6.30. The Bertz CT molecular complexity index is 1030. The van der Waals surface area contributed by atoms with Gasteiger partial charge in [0.25, 0.3) is 0 Å². The van der Waals surface area contributed by atoms with Crippen molar-refractivity contribution in [1.82, 2.24) is 19.5 Å². The van der Waals surface area contributed by atoms with Crippen molar-refractivity contribution < 1.29 is 29.2 Å². The smallest absolute Gasteiger partial charge is 0.338 e. The van der Waals surface area contributed by atoms with Crippen molar-refractivity contribution >= 4 is 28.7 Å². The largest absolute Gasteiger partial charge is 0.479 e. The maximum atomic E-state index is 12.6. The third-order valence-electron chi connectivity index (χ3n) is 4.61. The number of esters is 1. The van der Waals surface area contributed by atoms with Gasteiger partial charge in [0.2, 0.25) is 5.88 Å². The van der Waals surface area contributed by atoms with Crippen LogP contribution in [0.4, 0.5) is 0 Å². The topological polar surface area (TPSA) is 129 Å². The van der Waals surface area contributed by atoms with Crippen molar-refractivity contribution in [3.05, 3.63) is 47.5 Å². The zero-order chi connectivity index (χ0) is 20.5. The van der Waals surface area contributed by atoms with E-state index >= 15 is 0 Å². The lowest BCUT2D eigenvalue weighted by atomic mass is 10.1. The number of nitrogens with zero attached hydrogens (tertiary/aromatic N) is 4. The Balaban J connectivity index is 1.68. The number of carbonyl (C=O) groups excluding carboxylic acids is 1. The molecule has 1 aliphatic heterocycles. The number of aromatic nitrogens is 4. The summed E-state index contributed by atoms with van der Waals surface area (Å²) in [5.41, 5.74) is 0.996. The van der Waals surface area contributed by atoms with Gasteiger partial charge >= 0.3 is 5.97 Å². The predicted octanol–water partition coefficient (Wildman–Crippen LogP) is 0.964. The molecular weight excluding hydrogens is 404 g/mol. The molecule has 2 aromatic heterocycles. The van der Waals surface area contributed by atoms with Crippen LogP contribution in [0.2, 0.25) is 5.02 Å². The van der Waals surface area contributed by atoms with Gasteiger partial charge in [-0.1, -0.05) is 11.6 Å². The summed E-state index contributed by atoms with van der Waals surface area (Å²) in [7, 11) is 1.45. The highest BCUT2D eigenvalue weighted by Gasteiger charge is 2.47. The second-order valence-corrected chi connectivity index (χ2v) is 6.76. The molecule has 1 aromatic carbocycles.